The Kier molecular flexibility index (Phi) is 65.5. The van der Waals surface area contributed by atoms with Crippen LogP contribution in [0.25, 0.3) is 0 Å². The standard InChI is InChI=1S/C75H134O17P2/c1-5-9-13-17-21-25-29-32-34-37-40-43-47-51-55-59-72(77)85-65-70(91-74(79)61-57-53-49-45-39-28-24-20-16-12-8-4)67-89-93(81,82)87-63-69(76)64-88-94(83,84)90-68-71(92-75(80)62-58-54-50-46-42-36-31-27-23-19-15-11-7-3)66-86-73(78)60-56-52-48-44-41-38-35-33-30-26-22-18-14-10-6-2/h9,13,20-21,24-25,32,34,40,43,51,55,69-71,76H,5-8,10-12,14-19,22-23,26-31,33,35-39,41-42,44-50,52-54,56-68H2,1-4H3,(H,81,82)(H,83,84)/b13-9-,24-20-,25-21-,34-32-,43-40-,55-51-. The van der Waals surface area contributed by atoms with Gasteiger partial charge in [-0.2, -0.15) is 0 Å². The van der Waals surface area contributed by atoms with Crippen LogP contribution in [0.15, 0.2) is 72.9 Å². The lowest BCUT2D eigenvalue weighted by atomic mass is 10.0. The minimum absolute atomic E-state index is 0.0672. The molecule has 0 saturated carbocycles. The van der Waals surface area contributed by atoms with Crippen LogP contribution in [0.3, 0.4) is 0 Å². The summed E-state index contributed by atoms with van der Waals surface area (Å²) in [6.07, 6.45) is 66.5. The van der Waals surface area contributed by atoms with Crippen molar-refractivity contribution in [2.45, 2.75) is 341 Å². The van der Waals surface area contributed by atoms with Gasteiger partial charge in [0.15, 0.2) is 12.2 Å². The number of aliphatic hydroxyl groups excluding tert-OH is 1. The van der Waals surface area contributed by atoms with Gasteiger partial charge in [0, 0.05) is 19.3 Å². The third-order valence-electron chi connectivity index (χ3n) is 15.7. The zero-order valence-corrected chi connectivity index (χ0v) is 61.2. The minimum atomic E-state index is -4.98. The molecule has 0 aliphatic carbocycles. The number of allylic oxidation sites excluding steroid dienone is 11. The highest BCUT2D eigenvalue weighted by atomic mass is 31.2. The molecule has 3 N–H and O–H groups in total. The molecule has 0 aromatic rings. The zero-order valence-electron chi connectivity index (χ0n) is 59.4. The quantitative estimate of drug-likeness (QED) is 0.0169. The van der Waals surface area contributed by atoms with Gasteiger partial charge in [0.2, 0.25) is 0 Å². The molecule has 0 spiro atoms. The first kappa shape index (κ1) is 90.5. The Morgan fingerprint density at radius 3 is 0.968 bits per heavy atom. The number of phosphoric ester groups is 2. The topological polar surface area (TPSA) is 237 Å². The lowest BCUT2D eigenvalue weighted by Crippen LogP contribution is -2.30. The van der Waals surface area contributed by atoms with Crippen molar-refractivity contribution in [2.24, 2.45) is 0 Å². The van der Waals surface area contributed by atoms with Crippen LogP contribution < -0.4 is 0 Å². The molecule has 94 heavy (non-hydrogen) atoms. The molecule has 5 unspecified atom stereocenters. The average Bonchev–Trinajstić information content (AvgIpc) is 1.35. The molecule has 0 amide bonds. The van der Waals surface area contributed by atoms with E-state index in [0.717, 1.165) is 109 Å². The van der Waals surface area contributed by atoms with E-state index in [2.05, 4.69) is 76.3 Å². The summed E-state index contributed by atoms with van der Waals surface area (Å²) in [6, 6.07) is 0. The number of hydrogen-bond donors (Lipinski definition) is 3. The lowest BCUT2D eigenvalue weighted by Gasteiger charge is -2.21. The van der Waals surface area contributed by atoms with Gasteiger partial charge in [-0.25, -0.2) is 9.13 Å². The maximum atomic E-state index is 13.0. The largest absolute Gasteiger partial charge is 0.472 e. The van der Waals surface area contributed by atoms with Gasteiger partial charge in [-0.1, -0.05) is 300 Å². The van der Waals surface area contributed by atoms with Crippen molar-refractivity contribution in [1.29, 1.82) is 0 Å². The van der Waals surface area contributed by atoms with Crippen molar-refractivity contribution in [3.8, 4) is 0 Å². The smallest absolute Gasteiger partial charge is 0.462 e. The molecule has 5 atom stereocenters. The van der Waals surface area contributed by atoms with E-state index in [9.17, 15) is 43.2 Å². The number of aliphatic hydroxyl groups is 1. The highest BCUT2D eigenvalue weighted by molar-refractivity contribution is 7.47. The highest BCUT2D eigenvalue weighted by Crippen LogP contribution is 2.45. The van der Waals surface area contributed by atoms with E-state index in [1.54, 1.807) is 6.08 Å². The maximum absolute atomic E-state index is 13.0. The van der Waals surface area contributed by atoms with E-state index >= 15 is 0 Å². The van der Waals surface area contributed by atoms with Gasteiger partial charge in [-0.05, 0) is 70.6 Å². The van der Waals surface area contributed by atoms with Crippen molar-refractivity contribution in [2.75, 3.05) is 39.6 Å². The van der Waals surface area contributed by atoms with E-state index in [1.807, 2.05) is 18.2 Å². The second-order valence-corrected chi connectivity index (χ2v) is 27.8. The van der Waals surface area contributed by atoms with Crippen molar-refractivity contribution in [3.63, 3.8) is 0 Å². The van der Waals surface area contributed by atoms with Crippen LogP contribution in [0, 0.1) is 0 Å². The first-order valence-electron chi connectivity index (χ1n) is 37.2. The molecular formula is C75H134O17P2. The van der Waals surface area contributed by atoms with Crippen LogP contribution >= 0.6 is 15.6 Å². The Morgan fingerprint density at radius 1 is 0.319 bits per heavy atom. The minimum Gasteiger partial charge on any atom is -0.462 e. The molecule has 0 rings (SSSR count). The predicted octanol–water partition coefficient (Wildman–Crippen LogP) is 20.9. The Balaban J connectivity index is 5.35. The molecule has 0 aromatic heterocycles. The predicted molar refractivity (Wildman–Crippen MR) is 381 cm³/mol. The second-order valence-electron chi connectivity index (χ2n) is 24.9. The van der Waals surface area contributed by atoms with Gasteiger partial charge in [0.1, 0.15) is 19.3 Å². The number of phosphoric acid groups is 2. The van der Waals surface area contributed by atoms with Crippen LogP contribution in [-0.2, 0) is 65.4 Å². The summed E-state index contributed by atoms with van der Waals surface area (Å²) in [5.41, 5.74) is 0. The van der Waals surface area contributed by atoms with Crippen LogP contribution in [0.2, 0.25) is 0 Å². The van der Waals surface area contributed by atoms with Gasteiger partial charge in [0.05, 0.1) is 32.8 Å². The third kappa shape index (κ3) is 67.1. The van der Waals surface area contributed by atoms with E-state index in [0.29, 0.717) is 25.7 Å². The molecule has 546 valence electrons. The van der Waals surface area contributed by atoms with Crippen LogP contribution in [0.5, 0.6) is 0 Å². The summed E-state index contributed by atoms with van der Waals surface area (Å²) < 4.78 is 68.2. The molecule has 0 aliphatic heterocycles. The summed E-state index contributed by atoms with van der Waals surface area (Å²) in [5.74, 6) is -2.31. The fourth-order valence-corrected chi connectivity index (χ4v) is 11.6. The summed E-state index contributed by atoms with van der Waals surface area (Å²) in [4.78, 5) is 72.6. The summed E-state index contributed by atoms with van der Waals surface area (Å²) in [5, 5.41) is 10.6. The van der Waals surface area contributed by atoms with Gasteiger partial charge >= 0.3 is 39.5 Å². The molecule has 19 heteroatoms. The van der Waals surface area contributed by atoms with Crippen LogP contribution in [0.1, 0.15) is 323 Å². The molecule has 0 bridgehead atoms. The Labute approximate surface area is 571 Å². The van der Waals surface area contributed by atoms with Gasteiger partial charge < -0.3 is 33.8 Å². The van der Waals surface area contributed by atoms with Crippen molar-refractivity contribution < 1.29 is 80.2 Å². The van der Waals surface area contributed by atoms with E-state index in [-0.39, 0.29) is 25.7 Å². The first-order valence-corrected chi connectivity index (χ1v) is 40.2. The van der Waals surface area contributed by atoms with Crippen LogP contribution in [0.4, 0.5) is 0 Å². The Hall–Kier alpha value is -3.50. The van der Waals surface area contributed by atoms with E-state index in [4.69, 9.17) is 37.0 Å². The number of ether oxygens (including phenoxy) is 4. The van der Waals surface area contributed by atoms with Gasteiger partial charge in [-0.15, -0.1) is 0 Å². The zero-order chi connectivity index (χ0) is 69.0. The Bertz CT molecular complexity index is 2070. The number of esters is 4. The highest BCUT2D eigenvalue weighted by Gasteiger charge is 2.30. The maximum Gasteiger partial charge on any atom is 0.472 e. The first-order chi connectivity index (χ1) is 45.7. The van der Waals surface area contributed by atoms with Crippen molar-refractivity contribution in [1.82, 2.24) is 0 Å². The molecule has 0 fully saturated rings. The number of hydrogen-bond acceptors (Lipinski definition) is 15. The fourth-order valence-electron chi connectivity index (χ4n) is 10.0. The molecule has 0 aliphatic rings. The van der Waals surface area contributed by atoms with E-state index in [1.165, 1.54) is 135 Å². The monoisotopic (exact) mass is 1370 g/mol. The second kappa shape index (κ2) is 68.0. The number of rotatable bonds is 70. The molecule has 17 nitrogen and oxygen atoms in total. The summed E-state index contributed by atoms with van der Waals surface area (Å²) in [6.45, 7) is 4.63. The van der Waals surface area contributed by atoms with Crippen molar-refractivity contribution >= 4 is 39.5 Å². The SMILES string of the molecule is CC/C=C\C/C=C\C/C=C\C/C=C\C/C=C\CC(=O)OCC(COP(=O)(O)OCC(O)COP(=O)(O)OCC(COC(=O)CCCCCCCCCCCCCCCCC)OC(=O)CCCCCCCCCCCCCCC)OC(=O)CCCCCCC/C=C\CCCC. The average molecular weight is 1370 g/mol. The van der Waals surface area contributed by atoms with Gasteiger partial charge in [0.25, 0.3) is 0 Å². The fraction of sp³-hybridized carbons (Fsp3) is 0.787. The molecule has 0 aromatic carbocycles. The summed E-state index contributed by atoms with van der Waals surface area (Å²) >= 11 is 0. The molecule has 0 radical (unpaired) electrons. The molecule has 0 heterocycles. The Morgan fingerprint density at radius 2 is 0.606 bits per heavy atom. The number of unbranched alkanes of at least 4 members (excludes halogenated alkanes) is 33. The number of carbonyl (C=O) groups is 4. The van der Waals surface area contributed by atoms with E-state index < -0.39 is 97.5 Å². The van der Waals surface area contributed by atoms with Crippen molar-refractivity contribution in [3.05, 3.63) is 72.9 Å². The van der Waals surface area contributed by atoms with Gasteiger partial charge in [-0.3, -0.25) is 37.3 Å². The van der Waals surface area contributed by atoms with Crippen LogP contribution in [-0.4, -0.2) is 96.7 Å². The summed E-state index contributed by atoms with van der Waals surface area (Å²) in [7, 11) is -9.95. The normalized spacial score (nSPS) is 14.4. The lowest BCUT2D eigenvalue weighted by molar-refractivity contribution is -0.161. The third-order valence-corrected chi connectivity index (χ3v) is 17.6. The molecule has 0 saturated heterocycles. The molecular weight excluding hydrogens is 1230 g/mol. The number of carbonyl (C=O) groups excluding carboxylic acids is 4.